The molecule has 1 atom stereocenters. The highest BCUT2D eigenvalue weighted by atomic mass is 16.5. The maximum Gasteiger partial charge on any atom is 0.332 e. The Morgan fingerprint density at radius 2 is 1.68 bits per heavy atom. The fourth-order valence-electron chi connectivity index (χ4n) is 3.74. The van der Waals surface area contributed by atoms with Gasteiger partial charge in [-0.2, -0.15) is 0 Å². The zero-order chi connectivity index (χ0) is 22.6. The molecule has 0 saturated carbocycles. The largest absolute Gasteiger partial charge is 0.332 e. The lowest BCUT2D eigenvalue weighted by atomic mass is 9.87. The first kappa shape index (κ1) is 22.5. The van der Waals surface area contributed by atoms with Crippen LogP contribution in [0, 0.1) is 0 Å². The zero-order valence-corrected chi connectivity index (χ0v) is 18.2. The van der Waals surface area contributed by atoms with Crippen molar-refractivity contribution in [3.63, 3.8) is 0 Å². The normalized spacial score (nSPS) is 16.7. The van der Waals surface area contributed by atoms with E-state index >= 15 is 0 Å². The number of urea groups is 1. The smallest absolute Gasteiger partial charge is 0.308 e. The van der Waals surface area contributed by atoms with Crippen LogP contribution in [-0.2, 0) is 21.5 Å². The lowest BCUT2D eigenvalue weighted by Gasteiger charge is -2.22. The van der Waals surface area contributed by atoms with Gasteiger partial charge >= 0.3 is 6.03 Å². The van der Waals surface area contributed by atoms with Gasteiger partial charge in [-0.3, -0.25) is 14.8 Å². The number of hydrogen-bond acceptors (Lipinski definition) is 4. The summed E-state index contributed by atoms with van der Waals surface area (Å²) in [6.07, 6.45) is 0.785. The third-order valence-corrected chi connectivity index (χ3v) is 5.51. The standard InChI is InChI=1S/C24H29N3O4/c1-24(2,3)18-12-14-19(15-13-18)27-22(29)20(10-7-11-21(28)25-31)26(23(27)30)16-17-8-5-4-6-9-17/h4-6,8-9,12-15,20,31H,7,10-11,16H2,1-3H3,(H,25,28). The minimum Gasteiger partial charge on any atom is -0.308 e. The molecule has 0 radical (unpaired) electrons. The zero-order valence-electron chi connectivity index (χ0n) is 18.2. The van der Waals surface area contributed by atoms with E-state index in [0.717, 1.165) is 11.1 Å². The maximum atomic E-state index is 13.3. The van der Waals surface area contributed by atoms with E-state index in [1.807, 2.05) is 42.5 Å². The van der Waals surface area contributed by atoms with Crippen molar-refractivity contribution < 1.29 is 19.6 Å². The van der Waals surface area contributed by atoms with Gasteiger partial charge in [0.25, 0.3) is 5.91 Å². The highest BCUT2D eigenvalue weighted by Gasteiger charge is 2.45. The van der Waals surface area contributed by atoms with Crippen molar-refractivity contribution in [3.8, 4) is 0 Å². The molecule has 1 heterocycles. The van der Waals surface area contributed by atoms with Crippen LogP contribution in [0.1, 0.15) is 51.2 Å². The number of anilines is 1. The van der Waals surface area contributed by atoms with Gasteiger partial charge < -0.3 is 4.90 Å². The van der Waals surface area contributed by atoms with Gasteiger partial charge in [-0.1, -0.05) is 63.2 Å². The maximum absolute atomic E-state index is 13.3. The summed E-state index contributed by atoms with van der Waals surface area (Å²) in [7, 11) is 0. The monoisotopic (exact) mass is 423 g/mol. The molecule has 0 aromatic heterocycles. The number of imide groups is 1. The Morgan fingerprint density at radius 1 is 1.03 bits per heavy atom. The Balaban J connectivity index is 1.86. The fourth-order valence-corrected chi connectivity index (χ4v) is 3.74. The van der Waals surface area contributed by atoms with Crippen molar-refractivity contribution in [1.82, 2.24) is 10.4 Å². The van der Waals surface area contributed by atoms with Gasteiger partial charge in [-0.05, 0) is 41.5 Å². The second-order valence-electron chi connectivity index (χ2n) is 8.81. The SMILES string of the molecule is CC(C)(C)c1ccc(N2C(=O)C(CCCC(=O)NO)N(Cc3ccccc3)C2=O)cc1. The molecule has 0 spiro atoms. The van der Waals surface area contributed by atoms with E-state index in [1.165, 1.54) is 4.90 Å². The van der Waals surface area contributed by atoms with Gasteiger partial charge in [0.15, 0.2) is 0 Å². The van der Waals surface area contributed by atoms with Crippen LogP contribution in [0.25, 0.3) is 0 Å². The third kappa shape index (κ3) is 5.11. The molecular formula is C24H29N3O4. The molecule has 164 valence electrons. The third-order valence-electron chi connectivity index (χ3n) is 5.51. The summed E-state index contributed by atoms with van der Waals surface area (Å²) >= 11 is 0. The van der Waals surface area contributed by atoms with E-state index in [4.69, 9.17) is 5.21 Å². The number of amides is 4. The molecule has 3 rings (SSSR count). The van der Waals surface area contributed by atoms with Crippen LogP contribution in [0.4, 0.5) is 10.5 Å². The molecule has 4 amide bonds. The minimum absolute atomic E-state index is 0.0350. The molecule has 2 N–H and O–H groups in total. The van der Waals surface area contributed by atoms with Gasteiger partial charge in [0.05, 0.1) is 5.69 Å². The molecular weight excluding hydrogens is 394 g/mol. The lowest BCUT2D eigenvalue weighted by Crippen LogP contribution is -2.35. The molecule has 1 fully saturated rings. The summed E-state index contributed by atoms with van der Waals surface area (Å²) in [5, 5.41) is 8.70. The summed E-state index contributed by atoms with van der Waals surface area (Å²) in [5.41, 5.74) is 4.14. The minimum atomic E-state index is -0.665. The van der Waals surface area contributed by atoms with E-state index in [2.05, 4.69) is 20.8 Å². The number of nitrogens with zero attached hydrogens (tertiary/aromatic N) is 2. The Bertz CT molecular complexity index is 936. The Labute approximate surface area is 182 Å². The average Bonchev–Trinajstić information content (AvgIpc) is 2.97. The van der Waals surface area contributed by atoms with E-state index in [1.54, 1.807) is 22.5 Å². The summed E-state index contributed by atoms with van der Waals surface area (Å²) in [6.45, 7) is 6.62. The van der Waals surface area contributed by atoms with Gasteiger partial charge in [0.1, 0.15) is 6.04 Å². The molecule has 1 aliphatic heterocycles. The van der Waals surface area contributed by atoms with Crippen LogP contribution in [0.3, 0.4) is 0 Å². The number of benzene rings is 2. The number of carbonyl (C=O) groups excluding carboxylic acids is 3. The van der Waals surface area contributed by atoms with Gasteiger partial charge in [0, 0.05) is 13.0 Å². The molecule has 2 aromatic rings. The molecule has 1 unspecified atom stereocenters. The summed E-state index contributed by atoms with van der Waals surface area (Å²) in [6, 6.07) is 16.0. The predicted octanol–water partition coefficient (Wildman–Crippen LogP) is 4.00. The van der Waals surface area contributed by atoms with E-state index in [0.29, 0.717) is 25.1 Å². The Hall–Kier alpha value is -3.19. The molecule has 7 nitrogen and oxygen atoms in total. The molecule has 2 aromatic carbocycles. The van der Waals surface area contributed by atoms with Gasteiger partial charge in [-0.25, -0.2) is 15.2 Å². The highest BCUT2D eigenvalue weighted by molar-refractivity contribution is 6.21. The first-order valence-electron chi connectivity index (χ1n) is 10.4. The average molecular weight is 424 g/mol. The highest BCUT2D eigenvalue weighted by Crippen LogP contribution is 2.31. The number of rotatable bonds is 7. The van der Waals surface area contributed by atoms with E-state index in [9.17, 15) is 14.4 Å². The van der Waals surface area contributed by atoms with Crippen LogP contribution < -0.4 is 10.4 Å². The second-order valence-corrected chi connectivity index (χ2v) is 8.81. The van der Waals surface area contributed by atoms with Crippen molar-refractivity contribution >= 4 is 23.5 Å². The van der Waals surface area contributed by atoms with Crippen molar-refractivity contribution in [3.05, 3.63) is 65.7 Å². The summed E-state index contributed by atoms with van der Waals surface area (Å²) < 4.78 is 0. The van der Waals surface area contributed by atoms with Crippen LogP contribution in [0.2, 0.25) is 0 Å². The Kier molecular flexibility index (Phi) is 6.75. The number of nitrogens with one attached hydrogen (secondary N) is 1. The first-order valence-corrected chi connectivity index (χ1v) is 10.4. The van der Waals surface area contributed by atoms with E-state index in [-0.39, 0.29) is 23.8 Å². The number of hydrogen-bond donors (Lipinski definition) is 2. The van der Waals surface area contributed by atoms with Crippen molar-refractivity contribution in [2.75, 3.05) is 4.90 Å². The fraction of sp³-hybridized carbons (Fsp3) is 0.375. The summed E-state index contributed by atoms with van der Waals surface area (Å²) in [4.78, 5) is 40.7. The second kappa shape index (κ2) is 9.31. The molecule has 1 saturated heterocycles. The molecule has 31 heavy (non-hydrogen) atoms. The van der Waals surface area contributed by atoms with Gasteiger partial charge in [-0.15, -0.1) is 0 Å². The summed E-state index contributed by atoms with van der Waals surface area (Å²) in [5.74, 6) is -0.810. The first-order chi connectivity index (χ1) is 14.7. The van der Waals surface area contributed by atoms with Crippen LogP contribution >= 0.6 is 0 Å². The Morgan fingerprint density at radius 3 is 2.26 bits per heavy atom. The van der Waals surface area contributed by atoms with Crippen LogP contribution in [-0.4, -0.2) is 34.0 Å². The predicted molar refractivity (Wildman–Crippen MR) is 118 cm³/mol. The van der Waals surface area contributed by atoms with Crippen molar-refractivity contribution in [2.24, 2.45) is 0 Å². The van der Waals surface area contributed by atoms with Gasteiger partial charge in [0.2, 0.25) is 5.91 Å². The molecule has 0 aliphatic carbocycles. The van der Waals surface area contributed by atoms with Crippen LogP contribution in [0.5, 0.6) is 0 Å². The van der Waals surface area contributed by atoms with Crippen LogP contribution in [0.15, 0.2) is 54.6 Å². The van der Waals surface area contributed by atoms with E-state index < -0.39 is 11.9 Å². The lowest BCUT2D eigenvalue weighted by molar-refractivity contribution is -0.129. The van der Waals surface area contributed by atoms with Crippen molar-refractivity contribution in [1.29, 1.82) is 0 Å². The number of hydroxylamine groups is 1. The molecule has 7 heteroatoms. The topological polar surface area (TPSA) is 89.9 Å². The molecule has 1 aliphatic rings. The quantitative estimate of drug-likeness (QED) is 0.400. The van der Waals surface area contributed by atoms with Crippen molar-refractivity contribution in [2.45, 2.75) is 58.0 Å². The number of carbonyl (C=O) groups is 3. The molecule has 0 bridgehead atoms.